The molecule has 2 aromatic carbocycles. The van der Waals surface area contributed by atoms with E-state index in [1.54, 1.807) is 6.07 Å². The van der Waals surface area contributed by atoms with Crippen LogP contribution in [0.5, 0.6) is 17.2 Å². The van der Waals surface area contributed by atoms with Crippen molar-refractivity contribution in [1.82, 2.24) is 0 Å². The third-order valence-electron chi connectivity index (χ3n) is 4.77. The Morgan fingerprint density at radius 3 is 2.29 bits per heavy atom. The lowest BCUT2D eigenvalue weighted by molar-refractivity contribution is -0.144. The first kappa shape index (κ1) is 22.6. The fourth-order valence-electron chi connectivity index (χ4n) is 3.55. The molecule has 0 aliphatic carbocycles. The lowest BCUT2D eigenvalue weighted by atomic mass is 9.94. The van der Waals surface area contributed by atoms with Gasteiger partial charge in [0.2, 0.25) is 5.75 Å². The molecule has 1 fully saturated rings. The zero-order valence-electron chi connectivity index (χ0n) is 18.2. The summed E-state index contributed by atoms with van der Waals surface area (Å²) >= 11 is 0. The molecule has 1 saturated heterocycles. The summed E-state index contributed by atoms with van der Waals surface area (Å²) in [7, 11) is 2.93. The summed E-state index contributed by atoms with van der Waals surface area (Å²) in [4.78, 5) is 23.9. The summed E-state index contributed by atoms with van der Waals surface area (Å²) in [6.45, 7) is 5.44. The van der Waals surface area contributed by atoms with Crippen molar-refractivity contribution < 1.29 is 38.0 Å². The number of rotatable bonds is 7. The Balaban J connectivity index is 2.20. The van der Waals surface area contributed by atoms with Crippen molar-refractivity contribution in [3.63, 3.8) is 0 Å². The van der Waals surface area contributed by atoms with E-state index < -0.39 is 24.3 Å². The second kappa shape index (κ2) is 9.80. The third kappa shape index (κ3) is 4.98. The Hall–Kier alpha value is -3.10. The molecule has 1 atom stereocenters. The van der Waals surface area contributed by atoms with Crippen LogP contribution in [0.25, 0.3) is 0 Å². The standard InChI is InChI=1S/C23H26O8/c1-13-11-18(26-4)21(27-5)22(31-15(3)25)19(13)20(30-14(2)24)16-7-6-8-17(12-16)23-28-9-10-29-23/h6-8,11-12,20,23H,9-10H2,1-5H3. The molecular formula is C23H26O8. The normalized spacial score (nSPS) is 14.7. The third-order valence-corrected chi connectivity index (χ3v) is 4.77. The highest BCUT2D eigenvalue weighted by Gasteiger charge is 2.30. The van der Waals surface area contributed by atoms with Gasteiger partial charge < -0.3 is 28.4 Å². The Kier molecular flexibility index (Phi) is 7.14. The van der Waals surface area contributed by atoms with Gasteiger partial charge in [-0.15, -0.1) is 0 Å². The number of carbonyl (C=O) groups is 2. The fourth-order valence-corrected chi connectivity index (χ4v) is 3.55. The van der Waals surface area contributed by atoms with Crippen LogP contribution < -0.4 is 14.2 Å². The van der Waals surface area contributed by atoms with Gasteiger partial charge in [-0.2, -0.15) is 0 Å². The van der Waals surface area contributed by atoms with Gasteiger partial charge in [0.05, 0.1) is 27.4 Å². The SMILES string of the molecule is COc1cc(C)c(C(OC(C)=O)c2cccc(C3OCCO3)c2)c(OC(C)=O)c1OC. The number of carbonyl (C=O) groups excluding carboxylic acids is 2. The number of benzene rings is 2. The molecule has 0 spiro atoms. The van der Waals surface area contributed by atoms with Crippen molar-refractivity contribution in [3.8, 4) is 17.2 Å². The quantitative estimate of drug-likeness (QED) is 0.486. The molecule has 0 bridgehead atoms. The maximum atomic E-state index is 12.0. The number of hydrogen-bond acceptors (Lipinski definition) is 8. The summed E-state index contributed by atoms with van der Waals surface area (Å²) in [5.41, 5.74) is 2.63. The molecule has 8 heteroatoms. The average Bonchev–Trinajstić information content (AvgIpc) is 3.27. The van der Waals surface area contributed by atoms with Crippen molar-refractivity contribution >= 4 is 11.9 Å². The molecule has 0 N–H and O–H groups in total. The van der Waals surface area contributed by atoms with E-state index in [1.807, 2.05) is 31.2 Å². The van der Waals surface area contributed by atoms with Crippen LogP contribution in [-0.2, 0) is 23.8 Å². The molecule has 1 aliphatic rings. The fraction of sp³-hybridized carbons (Fsp3) is 0.391. The first-order valence-corrected chi connectivity index (χ1v) is 9.79. The van der Waals surface area contributed by atoms with E-state index >= 15 is 0 Å². The van der Waals surface area contributed by atoms with Crippen LogP contribution in [0.4, 0.5) is 0 Å². The van der Waals surface area contributed by atoms with Crippen molar-refractivity contribution in [1.29, 1.82) is 0 Å². The van der Waals surface area contributed by atoms with Gasteiger partial charge in [0.25, 0.3) is 0 Å². The van der Waals surface area contributed by atoms with E-state index in [4.69, 9.17) is 28.4 Å². The highest BCUT2D eigenvalue weighted by atomic mass is 16.7. The molecule has 2 aromatic rings. The van der Waals surface area contributed by atoms with Crippen LogP contribution in [0, 0.1) is 6.92 Å². The summed E-state index contributed by atoms with van der Waals surface area (Å²) in [6, 6.07) is 9.11. The second-order valence-corrected chi connectivity index (χ2v) is 7.00. The smallest absolute Gasteiger partial charge is 0.308 e. The molecule has 166 valence electrons. The highest BCUT2D eigenvalue weighted by molar-refractivity contribution is 5.74. The van der Waals surface area contributed by atoms with Crippen LogP contribution >= 0.6 is 0 Å². The maximum absolute atomic E-state index is 12.0. The van der Waals surface area contributed by atoms with Gasteiger partial charge in [-0.3, -0.25) is 9.59 Å². The number of ether oxygens (including phenoxy) is 6. The Labute approximate surface area is 181 Å². The van der Waals surface area contributed by atoms with Gasteiger partial charge in [0, 0.05) is 25.0 Å². The van der Waals surface area contributed by atoms with Crippen LogP contribution in [0.2, 0.25) is 0 Å². The Bertz CT molecular complexity index is 962. The molecule has 0 aromatic heterocycles. The van der Waals surface area contributed by atoms with Crippen molar-refractivity contribution in [2.75, 3.05) is 27.4 Å². The van der Waals surface area contributed by atoms with Gasteiger partial charge in [-0.05, 0) is 30.2 Å². The molecule has 1 unspecified atom stereocenters. The van der Waals surface area contributed by atoms with Gasteiger partial charge in [0.1, 0.15) is 0 Å². The van der Waals surface area contributed by atoms with E-state index in [9.17, 15) is 9.59 Å². The maximum Gasteiger partial charge on any atom is 0.308 e. The number of esters is 2. The first-order chi connectivity index (χ1) is 14.8. The van der Waals surface area contributed by atoms with Gasteiger partial charge in [-0.25, -0.2) is 0 Å². The Morgan fingerprint density at radius 2 is 1.71 bits per heavy atom. The van der Waals surface area contributed by atoms with Gasteiger partial charge in [0.15, 0.2) is 23.9 Å². The van der Waals surface area contributed by atoms with Crippen LogP contribution in [0.3, 0.4) is 0 Å². The van der Waals surface area contributed by atoms with Crippen molar-refractivity contribution in [2.24, 2.45) is 0 Å². The van der Waals surface area contributed by atoms with E-state index in [0.29, 0.717) is 35.7 Å². The number of hydrogen-bond donors (Lipinski definition) is 0. The highest BCUT2D eigenvalue weighted by Crippen LogP contribution is 2.47. The monoisotopic (exact) mass is 430 g/mol. The molecule has 0 saturated carbocycles. The summed E-state index contributed by atoms with van der Waals surface area (Å²) < 4.78 is 33.3. The van der Waals surface area contributed by atoms with Crippen LogP contribution in [0.15, 0.2) is 30.3 Å². The minimum atomic E-state index is -0.868. The van der Waals surface area contributed by atoms with E-state index in [-0.39, 0.29) is 11.5 Å². The molecule has 1 aliphatic heterocycles. The van der Waals surface area contributed by atoms with E-state index in [2.05, 4.69) is 0 Å². The Morgan fingerprint density at radius 1 is 1.00 bits per heavy atom. The second-order valence-electron chi connectivity index (χ2n) is 7.00. The number of aryl methyl sites for hydroxylation is 1. The zero-order chi connectivity index (χ0) is 22.5. The van der Waals surface area contributed by atoms with E-state index in [1.165, 1.54) is 28.1 Å². The molecule has 3 rings (SSSR count). The largest absolute Gasteiger partial charge is 0.493 e. The molecule has 31 heavy (non-hydrogen) atoms. The van der Waals surface area contributed by atoms with Crippen LogP contribution in [0.1, 0.15) is 48.5 Å². The number of methoxy groups -OCH3 is 2. The summed E-state index contributed by atoms with van der Waals surface area (Å²) in [6.07, 6.45) is -1.36. The molecule has 1 heterocycles. The average molecular weight is 430 g/mol. The molecular weight excluding hydrogens is 404 g/mol. The molecule has 8 nitrogen and oxygen atoms in total. The first-order valence-electron chi connectivity index (χ1n) is 9.79. The molecule has 0 radical (unpaired) electrons. The van der Waals surface area contributed by atoms with Crippen molar-refractivity contribution in [2.45, 2.75) is 33.2 Å². The van der Waals surface area contributed by atoms with E-state index in [0.717, 1.165) is 5.56 Å². The lowest BCUT2D eigenvalue weighted by Gasteiger charge is -2.25. The van der Waals surface area contributed by atoms with Crippen LogP contribution in [-0.4, -0.2) is 39.4 Å². The summed E-state index contributed by atoms with van der Waals surface area (Å²) in [5, 5.41) is 0. The molecule has 0 amide bonds. The lowest BCUT2D eigenvalue weighted by Crippen LogP contribution is -2.16. The topological polar surface area (TPSA) is 89.5 Å². The zero-order valence-corrected chi connectivity index (χ0v) is 18.2. The predicted molar refractivity (Wildman–Crippen MR) is 110 cm³/mol. The van der Waals surface area contributed by atoms with Gasteiger partial charge in [-0.1, -0.05) is 18.2 Å². The van der Waals surface area contributed by atoms with Crippen molar-refractivity contribution in [3.05, 3.63) is 52.6 Å². The predicted octanol–water partition coefficient (Wildman–Crippen LogP) is 3.64. The minimum absolute atomic E-state index is 0.136. The summed E-state index contributed by atoms with van der Waals surface area (Å²) in [5.74, 6) is -0.281. The van der Waals surface area contributed by atoms with Gasteiger partial charge >= 0.3 is 11.9 Å². The minimum Gasteiger partial charge on any atom is -0.493 e.